The zero-order valence-electron chi connectivity index (χ0n) is 16.1. The van der Waals surface area contributed by atoms with Gasteiger partial charge in [-0.2, -0.15) is 0 Å². The Morgan fingerprint density at radius 1 is 0.964 bits per heavy atom. The fourth-order valence-electron chi connectivity index (χ4n) is 2.73. The van der Waals surface area contributed by atoms with E-state index in [0.717, 1.165) is 5.56 Å². The van der Waals surface area contributed by atoms with Crippen molar-refractivity contribution in [3.63, 3.8) is 0 Å². The maximum Gasteiger partial charge on any atom is 0.307 e. The van der Waals surface area contributed by atoms with Crippen LogP contribution in [0.2, 0.25) is 0 Å². The van der Waals surface area contributed by atoms with E-state index in [-0.39, 0.29) is 31.0 Å². The molecule has 0 saturated carbocycles. The molecule has 28 heavy (non-hydrogen) atoms. The van der Waals surface area contributed by atoms with Crippen molar-refractivity contribution in [3.8, 4) is 5.75 Å². The standard InChI is InChI=1S/C22H25NO5/c1-3-28-18-11-9-17(10-12-18)20(24)13-14-21(25)23-19(15-22(26)27-2)16-7-5-4-6-8-16/h4-12,19H,3,13-15H2,1-2H3,(H,23,25)/t19-/m0/s1. The third kappa shape index (κ3) is 6.54. The van der Waals surface area contributed by atoms with Crippen molar-refractivity contribution in [2.75, 3.05) is 13.7 Å². The number of nitrogens with one attached hydrogen (secondary N) is 1. The number of benzene rings is 2. The smallest absolute Gasteiger partial charge is 0.307 e. The van der Waals surface area contributed by atoms with Crippen LogP contribution in [-0.2, 0) is 14.3 Å². The highest BCUT2D eigenvalue weighted by Crippen LogP contribution is 2.18. The van der Waals surface area contributed by atoms with Gasteiger partial charge in [0.15, 0.2) is 5.78 Å². The van der Waals surface area contributed by atoms with Gasteiger partial charge in [-0.3, -0.25) is 14.4 Å². The molecule has 6 heteroatoms. The molecule has 2 aromatic carbocycles. The van der Waals surface area contributed by atoms with E-state index in [4.69, 9.17) is 9.47 Å². The summed E-state index contributed by atoms with van der Waals surface area (Å²) in [5, 5.41) is 2.82. The number of esters is 1. The van der Waals surface area contributed by atoms with E-state index >= 15 is 0 Å². The molecular weight excluding hydrogens is 358 g/mol. The lowest BCUT2D eigenvalue weighted by molar-refractivity contribution is -0.141. The molecule has 0 saturated heterocycles. The summed E-state index contributed by atoms with van der Waals surface area (Å²) >= 11 is 0. The van der Waals surface area contributed by atoms with Crippen molar-refractivity contribution in [2.24, 2.45) is 0 Å². The normalized spacial score (nSPS) is 11.4. The van der Waals surface area contributed by atoms with E-state index in [1.807, 2.05) is 37.3 Å². The second kappa shape index (κ2) is 10.9. The molecule has 0 aliphatic heterocycles. The third-order valence-corrected chi connectivity index (χ3v) is 4.20. The summed E-state index contributed by atoms with van der Waals surface area (Å²) in [4.78, 5) is 36.3. The lowest BCUT2D eigenvalue weighted by Gasteiger charge is -2.18. The number of amides is 1. The number of methoxy groups -OCH3 is 1. The molecule has 0 spiro atoms. The minimum absolute atomic E-state index is 0.0269. The van der Waals surface area contributed by atoms with Gasteiger partial charge in [0.25, 0.3) is 0 Å². The van der Waals surface area contributed by atoms with Crippen molar-refractivity contribution in [1.82, 2.24) is 5.32 Å². The Morgan fingerprint density at radius 2 is 1.64 bits per heavy atom. The average molecular weight is 383 g/mol. The molecule has 0 fully saturated rings. The van der Waals surface area contributed by atoms with Crippen LogP contribution >= 0.6 is 0 Å². The molecule has 1 amide bonds. The predicted octanol–water partition coefficient (Wildman–Crippen LogP) is 3.47. The highest BCUT2D eigenvalue weighted by molar-refractivity contribution is 5.98. The molecule has 1 N–H and O–H groups in total. The first-order valence-electron chi connectivity index (χ1n) is 9.20. The molecule has 0 bridgehead atoms. The van der Waals surface area contributed by atoms with E-state index in [9.17, 15) is 14.4 Å². The number of ether oxygens (including phenoxy) is 2. The lowest BCUT2D eigenvalue weighted by Crippen LogP contribution is -2.30. The van der Waals surface area contributed by atoms with Crippen LogP contribution < -0.4 is 10.1 Å². The summed E-state index contributed by atoms with van der Waals surface area (Å²) in [6.07, 6.45) is 0.148. The topological polar surface area (TPSA) is 81.7 Å². The third-order valence-electron chi connectivity index (χ3n) is 4.20. The number of rotatable bonds is 10. The van der Waals surface area contributed by atoms with Gasteiger partial charge in [0.05, 0.1) is 26.2 Å². The van der Waals surface area contributed by atoms with Gasteiger partial charge in [0.1, 0.15) is 5.75 Å². The largest absolute Gasteiger partial charge is 0.494 e. The number of carbonyl (C=O) groups is 3. The fourth-order valence-corrected chi connectivity index (χ4v) is 2.73. The van der Waals surface area contributed by atoms with Crippen LogP contribution in [0.1, 0.15) is 48.1 Å². The minimum Gasteiger partial charge on any atom is -0.494 e. The second-order valence-corrected chi connectivity index (χ2v) is 6.19. The monoisotopic (exact) mass is 383 g/mol. The summed E-state index contributed by atoms with van der Waals surface area (Å²) < 4.78 is 10.1. The Morgan fingerprint density at radius 3 is 2.25 bits per heavy atom. The van der Waals surface area contributed by atoms with E-state index in [1.54, 1.807) is 24.3 Å². The van der Waals surface area contributed by atoms with Gasteiger partial charge in [-0.15, -0.1) is 0 Å². The molecule has 2 aromatic rings. The maximum absolute atomic E-state index is 12.3. The first-order chi connectivity index (χ1) is 13.5. The number of hydrogen-bond donors (Lipinski definition) is 1. The van der Waals surface area contributed by atoms with Crippen LogP contribution in [-0.4, -0.2) is 31.4 Å². The van der Waals surface area contributed by atoms with Gasteiger partial charge in [-0.25, -0.2) is 0 Å². The SMILES string of the molecule is CCOc1ccc(C(=O)CCC(=O)N[C@@H](CC(=O)OC)c2ccccc2)cc1. The van der Waals surface area contributed by atoms with E-state index < -0.39 is 12.0 Å². The molecule has 0 aromatic heterocycles. The highest BCUT2D eigenvalue weighted by atomic mass is 16.5. The summed E-state index contributed by atoms with van der Waals surface area (Å²) in [6.45, 7) is 2.45. The molecule has 0 aliphatic rings. The number of carbonyl (C=O) groups excluding carboxylic acids is 3. The highest BCUT2D eigenvalue weighted by Gasteiger charge is 2.19. The number of ketones is 1. The van der Waals surface area contributed by atoms with E-state index in [1.165, 1.54) is 7.11 Å². The molecule has 0 heterocycles. The molecule has 1 atom stereocenters. The predicted molar refractivity (Wildman–Crippen MR) is 105 cm³/mol. The van der Waals surface area contributed by atoms with Crippen LogP contribution in [0.25, 0.3) is 0 Å². The summed E-state index contributed by atoms with van der Waals surface area (Å²) in [6, 6.07) is 15.5. The van der Waals surface area contributed by atoms with Crippen LogP contribution in [0.4, 0.5) is 0 Å². The van der Waals surface area contributed by atoms with Gasteiger partial charge in [-0.05, 0) is 36.8 Å². The Balaban J connectivity index is 1.92. The molecule has 2 rings (SSSR count). The zero-order chi connectivity index (χ0) is 20.4. The molecule has 0 radical (unpaired) electrons. The number of hydrogen-bond acceptors (Lipinski definition) is 5. The Labute approximate surface area is 164 Å². The zero-order valence-corrected chi connectivity index (χ0v) is 16.1. The Kier molecular flexibility index (Phi) is 8.21. The summed E-state index contributed by atoms with van der Waals surface area (Å²) in [5.74, 6) is -0.135. The quantitative estimate of drug-likeness (QED) is 0.502. The van der Waals surface area contributed by atoms with Crippen molar-refractivity contribution in [1.29, 1.82) is 0 Å². The van der Waals surface area contributed by atoms with Gasteiger partial charge in [-0.1, -0.05) is 30.3 Å². The number of Topliss-reactive ketones (excluding diaryl/α,β-unsaturated/α-hetero) is 1. The lowest BCUT2D eigenvalue weighted by atomic mass is 10.0. The first-order valence-corrected chi connectivity index (χ1v) is 9.20. The van der Waals surface area contributed by atoms with Crippen LogP contribution in [0.5, 0.6) is 5.75 Å². The Hall–Kier alpha value is -3.15. The average Bonchev–Trinajstić information content (AvgIpc) is 2.72. The maximum atomic E-state index is 12.3. The van der Waals surface area contributed by atoms with Gasteiger partial charge >= 0.3 is 5.97 Å². The van der Waals surface area contributed by atoms with E-state index in [2.05, 4.69) is 5.32 Å². The van der Waals surface area contributed by atoms with E-state index in [0.29, 0.717) is 17.9 Å². The van der Waals surface area contributed by atoms with Gasteiger partial charge in [0.2, 0.25) is 5.91 Å². The van der Waals surface area contributed by atoms with Crippen molar-refractivity contribution in [3.05, 3.63) is 65.7 Å². The van der Waals surface area contributed by atoms with Gasteiger partial charge in [0, 0.05) is 18.4 Å². The van der Waals surface area contributed by atoms with Crippen LogP contribution in [0, 0.1) is 0 Å². The first kappa shape index (κ1) is 21.2. The molecule has 148 valence electrons. The molecule has 0 unspecified atom stereocenters. The van der Waals surface area contributed by atoms with Crippen LogP contribution in [0.3, 0.4) is 0 Å². The van der Waals surface area contributed by atoms with Crippen molar-refractivity contribution >= 4 is 17.7 Å². The second-order valence-electron chi connectivity index (χ2n) is 6.19. The van der Waals surface area contributed by atoms with Crippen molar-refractivity contribution < 1.29 is 23.9 Å². The van der Waals surface area contributed by atoms with Gasteiger partial charge < -0.3 is 14.8 Å². The summed E-state index contributed by atoms with van der Waals surface area (Å²) in [5.41, 5.74) is 1.34. The molecular formula is C22H25NO5. The molecule has 6 nitrogen and oxygen atoms in total. The molecule has 0 aliphatic carbocycles. The minimum atomic E-state index is -0.498. The van der Waals surface area contributed by atoms with Crippen molar-refractivity contribution in [2.45, 2.75) is 32.2 Å². The van der Waals surface area contributed by atoms with Crippen LogP contribution in [0.15, 0.2) is 54.6 Å². The Bertz CT molecular complexity index is 786. The fraction of sp³-hybridized carbons (Fsp3) is 0.318. The summed E-state index contributed by atoms with van der Waals surface area (Å²) in [7, 11) is 1.31.